The normalized spacial score (nSPS) is 18.5. The number of nitrogens with zero attached hydrogens (tertiary/aromatic N) is 2. The van der Waals surface area contributed by atoms with Crippen molar-refractivity contribution in [1.82, 2.24) is 4.90 Å². The number of aryl methyl sites for hydroxylation is 1. The summed E-state index contributed by atoms with van der Waals surface area (Å²) < 4.78 is 0. The zero-order valence-electron chi connectivity index (χ0n) is 10.2. The van der Waals surface area contributed by atoms with Gasteiger partial charge < -0.3 is 15.5 Å². The van der Waals surface area contributed by atoms with Crippen LogP contribution in [0.25, 0.3) is 0 Å². The molecule has 3 heteroatoms. The molecule has 2 rings (SSSR count). The minimum atomic E-state index is 0.937. The third kappa shape index (κ3) is 2.30. The molecule has 0 spiro atoms. The van der Waals surface area contributed by atoms with E-state index < -0.39 is 0 Å². The minimum Gasteiger partial charge on any atom is -0.397 e. The van der Waals surface area contributed by atoms with Gasteiger partial charge in [0.2, 0.25) is 0 Å². The maximum atomic E-state index is 6.14. The number of para-hydroxylation sites is 1. The molecule has 0 amide bonds. The number of nitrogen functional groups attached to an aromatic ring is 1. The van der Waals surface area contributed by atoms with Crippen LogP contribution in [-0.4, -0.2) is 38.1 Å². The molecule has 1 aliphatic heterocycles. The van der Waals surface area contributed by atoms with E-state index in [2.05, 4.69) is 42.0 Å². The largest absolute Gasteiger partial charge is 0.397 e. The van der Waals surface area contributed by atoms with E-state index in [1.54, 1.807) is 0 Å². The molecule has 1 aromatic carbocycles. The summed E-state index contributed by atoms with van der Waals surface area (Å²) in [6, 6.07) is 6.30. The van der Waals surface area contributed by atoms with Crippen molar-refractivity contribution in [3.05, 3.63) is 23.8 Å². The summed E-state index contributed by atoms with van der Waals surface area (Å²) in [5.74, 6) is 0. The van der Waals surface area contributed by atoms with Crippen LogP contribution in [-0.2, 0) is 0 Å². The van der Waals surface area contributed by atoms with Crippen LogP contribution < -0.4 is 10.6 Å². The van der Waals surface area contributed by atoms with Crippen molar-refractivity contribution in [3.63, 3.8) is 0 Å². The van der Waals surface area contributed by atoms with Gasteiger partial charge in [-0.2, -0.15) is 0 Å². The first kappa shape index (κ1) is 11.3. The molecular formula is C13H21N3. The summed E-state index contributed by atoms with van der Waals surface area (Å²) in [5, 5.41) is 0. The first-order valence-electron chi connectivity index (χ1n) is 5.97. The maximum Gasteiger partial charge on any atom is 0.0603 e. The van der Waals surface area contributed by atoms with Crippen molar-refractivity contribution in [1.29, 1.82) is 0 Å². The van der Waals surface area contributed by atoms with Crippen molar-refractivity contribution in [2.45, 2.75) is 13.3 Å². The lowest BCUT2D eigenvalue weighted by Crippen LogP contribution is -2.29. The van der Waals surface area contributed by atoms with Crippen LogP contribution in [0.5, 0.6) is 0 Å². The summed E-state index contributed by atoms with van der Waals surface area (Å²) in [7, 11) is 2.18. The molecule has 1 heterocycles. The van der Waals surface area contributed by atoms with Crippen LogP contribution in [0.2, 0.25) is 0 Å². The number of anilines is 2. The summed E-state index contributed by atoms with van der Waals surface area (Å²) >= 11 is 0. The molecule has 1 saturated heterocycles. The summed E-state index contributed by atoms with van der Waals surface area (Å²) in [6.07, 6.45) is 1.21. The minimum absolute atomic E-state index is 0.937. The van der Waals surface area contributed by atoms with Gasteiger partial charge in [-0.15, -0.1) is 0 Å². The lowest BCUT2D eigenvalue weighted by atomic mass is 10.1. The van der Waals surface area contributed by atoms with Gasteiger partial charge in [0.25, 0.3) is 0 Å². The second-order valence-electron chi connectivity index (χ2n) is 4.65. The second-order valence-corrected chi connectivity index (χ2v) is 4.65. The van der Waals surface area contributed by atoms with Crippen LogP contribution >= 0.6 is 0 Å². The van der Waals surface area contributed by atoms with E-state index in [4.69, 9.17) is 5.73 Å². The highest BCUT2D eigenvalue weighted by Gasteiger charge is 2.14. The van der Waals surface area contributed by atoms with Gasteiger partial charge in [-0.3, -0.25) is 0 Å². The van der Waals surface area contributed by atoms with E-state index >= 15 is 0 Å². The molecule has 0 bridgehead atoms. The summed E-state index contributed by atoms with van der Waals surface area (Å²) in [5.41, 5.74) is 9.46. The number of likely N-dealkylation sites (N-methyl/N-ethyl adjacent to an activating group) is 1. The summed E-state index contributed by atoms with van der Waals surface area (Å²) in [6.45, 7) is 6.56. The van der Waals surface area contributed by atoms with E-state index in [9.17, 15) is 0 Å². The van der Waals surface area contributed by atoms with E-state index in [0.717, 1.165) is 25.3 Å². The number of hydrogen-bond donors (Lipinski definition) is 1. The summed E-state index contributed by atoms with van der Waals surface area (Å²) in [4.78, 5) is 4.79. The van der Waals surface area contributed by atoms with Crippen LogP contribution in [0.4, 0.5) is 11.4 Å². The highest BCUT2D eigenvalue weighted by molar-refractivity contribution is 5.70. The van der Waals surface area contributed by atoms with Crippen LogP contribution in [0.1, 0.15) is 12.0 Å². The SMILES string of the molecule is Cc1cccc(N2CCCN(C)CC2)c1N. The molecule has 0 unspecified atom stereocenters. The monoisotopic (exact) mass is 219 g/mol. The van der Waals surface area contributed by atoms with Gasteiger partial charge in [0.1, 0.15) is 0 Å². The smallest absolute Gasteiger partial charge is 0.0603 e. The Morgan fingerprint density at radius 1 is 1.12 bits per heavy atom. The first-order valence-corrected chi connectivity index (χ1v) is 5.97. The highest BCUT2D eigenvalue weighted by Crippen LogP contribution is 2.26. The third-order valence-electron chi connectivity index (χ3n) is 3.36. The molecule has 0 saturated carbocycles. The fourth-order valence-corrected chi connectivity index (χ4v) is 2.23. The molecule has 1 aliphatic rings. The Morgan fingerprint density at radius 2 is 1.94 bits per heavy atom. The van der Waals surface area contributed by atoms with Gasteiger partial charge in [-0.1, -0.05) is 12.1 Å². The quantitative estimate of drug-likeness (QED) is 0.730. The molecule has 88 valence electrons. The zero-order chi connectivity index (χ0) is 11.5. The number of hydrogen-bond acceptors (Lipinski definition) is 3. The van der Waals surface area contributed by atoms with Gasteiger partial charge >= 0.3 is 0 Å². The van der Waals surface area contributed by atoms with E-state index in [-0.39, 0.29) is 0 Å². The Hall–Kier alpha value is -1.22. The van der Waals surface area contributed by atoms with Crippen molar-refractivity contribution in [2.75, 3.05) is 43.9 Å². The average molecular weight is 219 g/mol. The highest BCUT2D eigenvalue weighted by atomic mass is 15.2. The standard InChI is InChI=1S/C13H21N3/c1-11-5-3-6-12(13(11)14)16-8-4-7-15(2)9-10-16/h3,5-6H,4,7-10,14H2,1-2H3. The number of benzene rings is 1. The average Bonchev–Trinajstić information content (AvgIpc) is 2.47. The molecule has 1 fully saturated rings. The van der Waals surface area contributed by atoms with E-state index in [1.807, 2.05) is 0 Å². The zero-order valence-corrected chi connectivity index (χ0v) is 10.2. The van der Waals surface area contributed by atoms with Gasteiger partial charge in [-0.05, 0) is 38.6 Å². The molecule has 2 N–H and O–H groups in total. The second kappa shape index (κ2) is 4.74. The van der Waals surface area contributed by atoms with Crippen molar-refractivity contribution in [3.8, 4) is 0 Å². The van der Waals surface area contributed by atoms with E-state index in [1.165, 1.54) is 24.2 Å². The fraction of sp³-hybridized carbons (Fsp3) is 0.538. The van der Waals surface area contributed by atoms with Gasteiger partial charge in [-0.25, -0.2) is 0 Å². The molecule has 0 radical (unpaired) electrons. The topological polar surface area (TPSA) is 32.5 Å². The van der Waals surface area contributed by atoms with Crippen molar-refractivity contribution in [2.24, 2.45) is 0 Å². The molecular weight excluding hydrogens is 198 g/mol. The fourth-order valence-electron chi connectivity index (χ4n) is 2.23. The molecule has 3 nitrogen and oxygen atoms in total. The third-order valence-corrected chi connectivity index (χ3v) is 3.36. The molecule has 0 aliphatic carbocycles. The lowest BCUT2D eigenvalue weighted by Gasteiger charge is -2.25. The Bertz CT molecular complexity index is 362. The maximum absolute atomic E-state index is 6.14. The predicted octanol–water partition coefficient (Wildman–Crippen LogP) is 1.72. The van der Waals surface area contributed by atoms with Crippen LogP contribution in [0.15, 0.2) is 18.2 Å². The van der Waals surface area contributed by atoms with Crippen molar-refractivity contribution < 1.29 is 0 Å². The van der Waals surface area contributed by atoms with Crippen molar-refractivity contribution >= 4 is 11.4 Å². The Morgan fingerprint density at radius 3 is 2.75 bits per heavy atom. The Balaban J connectivity index is 2.20. The van der Waals surface area contributed by atoms with Gasteiger partial charge in [0.15, 0.2) is 0 Å². The predicted molar refractivity (Wildman–Crippen MR) is 69.9 cm³/mol. The number of nitrogens with two attached hydrogens (primary N) is 1. The van der Waals surface area contributed by atoms with Gasteiger partial charge in [0.05, 0.1) is 11.4 Å². The van der Waals surface area contributed by atoms with Crippen LogP contribution in [0, 0.1) is 6.92 Å². The Kier molecular flexibility index (Phi) is 3.34. The molecule has 0 atom stereocenters. The number of rotatable bonds is 1. The molecule has 16 heavy (non-hydrogen) atoms. The Labute approximate surface area is 97.8 Å². The first-order chi connectivity index (χ1) is 7.68. The molecule has 0 aromatic heterocycles. The van der Waals surface area contributed by atoms with Gasteiger partial charge in [0, 0.05) is 19.6 Å². The van der Waals surface area contributed by atoms with Crippen LogP contribution in [0.3, 0.4) is 0 Å². The van der Waals surface area contributed by atoms with E-state index in [0.29, 0.717) is 0 Å². The molecule has 1 aromatic rings. The lowest BCUT2D eigenvalue weighted by molar-refractivity contribution is 0.360.